The van der Waals surface area contributed by atoms with Gasteiger partial charge in [0.25, 0.3) is 0 Å². The van der Waals surface area contributed by atoms with Crippen molar-refractivity contribution in [3.63, 3.8) is 0 Å². The molecular formula is C14H24N3S2+. The maximum atomic E-state index is 5.38. The lowest BCUT2D eigenvalue weighted by molar-refractivity contribution is -0.936. The minimum Gasteiger partial charge on any atom is -0.353 e. The largest absolute Gasteiger partial charge is 0.353 e. The van der Waals surface area contributed by atoms with Crippen LogP contribution in [0.5, 0.6) is 0 Å². The molecule has 4 rings (SSSR count). The van der Waals surface area contributed by atoms with E-state index in [0.29, 0.717) is 0 Å². The number of piperazine rings is 3. The molecule has 3 nitrogen and oxygen atoms in total. The highest BCUT2D eigenvalue weighted by molar-refractivity contribution is 8.22. The van der Waals surface area contributed by atoms with Gasteiger partial charge in [-0.3, -0.25) is 4.90 Å². The number of nitrogens with zero attached hydrogens (tertiary/aromatic N) is 3. The molecule has 106 valence electrons. The third-order valence-corrected chi connectivity index (χ3v) is 6.31. The van der Waals surface area contributed by atoms with Crippen LogP contribution in [0.4, 0.5) is 0 Å². The van der Waals surface area contributed by atoms with E-state index in [0.717, 1.165) is 17.4 Å². The Morgan fingerprint density at radius 3 is 2.47 bits per heavy atom. The van der Waals surface area contributed by atoms with Crippen molar-refractivity contribution in [1.82, 2.24) is 9.80 Å². The van der Waals surface area contributed by atoms with Gasteiger partial charge in [0, 0.05) is 32.7 Å². The summed E-state index contributed by atoms with van der Waals surface area (Å²) in [5, 5.41) is 0. The third-order valence-electron chi connectivity index (χ3n) is 4.95. The van der Waals surface area contributed by atoms with Crippen LogP contribution in [-0.2, 0) is 0 Å². The Morgan fingerprint density at radius 1 is 1.26 bits per heavy atom. The maximum absolute atomic E-state index is 5.38. The number of thioether (sulfide) groups is 1. The number of rotatable bonds is 2. The highest BCUT2D eigenvalue weighted by atomic mass is 32.2. The minimum absolute atomic E-state index is 1.03. The van der Waals surface area contributed by atoms with Crippen LogP contribution in [0.1, 0.15) is 6.42 Å². The zero-order valence-electron chi connectivity index (χ0n) is 11.8. The standard InChI is InChI=1S/C14H24N3S2/c1-19-14(18)16-4-2-13(3-5-16)12-17-9-6-15(7-10-17)8-11-17/h2H,3-12H2,1H3/q+1. The minimum atomic E-state index is 1.03. The molecule has 3 fully saturated rings. The van der Waals surface area contributed by atoms with Crippen LogP contribution in [-0.4, -0.2) is 83.8 Å². The van der Waals surface area contributed by atoms with Crippen molar-refractivity contribution in [1.29, 1.82) is 0 Å². The number of quaternary nitrogens is 1. The van der Waals surface area contributed by atoms with Gasteiger partial charge in [0.15, 0.2) is 0 Å². The van der Waals surface area contributed by atoms with Crippen LogP contribution in [0.15, 0.2) is 11.6 Å². The average molecular weight is 299 g/mol. The summed E-state index contributed by atoms with van der Waals surface area (Å²) in [5.74, 6) is 0. The second-order valence-electron chi connectivity index (χ2n) is 6.04. The summed E-state index contributed by atoms with van der Waals surface area (Å²) in [7, 11) is 0. The molecule has 19 heavy (non-hydrogen) atoms. The Hall–Kier alpha value is -0.100. The van der Waals surface area contributed by atoms with Crippen molar-refractivity contribution in [3.8, 4) is 0 Å². The molecule has 0 spiro atoms. The molecule has 4 heterocycles. The maximum Gasteiger partial charge on any atom is 0.136 e. The van der Waals surface area contributed by atoms with Crippen molar-refractivity contribution in [2.45, 2.75) is 6.42 Å². The van der Waals surface area contributed by atoms with E-state index in [1.807, 2.05) is 0 Å². The van der Waals surface area contributed by atoms with E-state index < -0.39 is 0 Å². The first-order chi connectivity index (χ1) is 9.21. The molecule has 0 aromatic rings. The van der Waals surface area contributed by atoms with Gasteiger partial charge in [-0.05, 0) is 18.2 Å². The van der Waals surface area contributed by atoms with Gasteiger partial charge in [0.05, 0.1) is 19.6 Å². The number of thiocarbonyl (C=S) groups is 1. The van der Waals surface area contributed by atoms with Gasteiger partial charge in [-0.15, -0.1) is 11.8 Å². The zero-order chi connectivity index (χ0) is 13.3. The average Bonchev–Trinajstić information content (AvgIpc) is 2.49. The summed E-state index contributed by atoms with van der Waals surface area (Å²) in [4.78, 5) is 4.95. The molecule has 0 aliphatic carbocycles. The van der Waals surface area contributed by atoms with Crippen LogP contribution in [0.25, 0.3) is 0 Å². The highest BCUT2D eigenvalue weighted by Crippen LogP contribution is 2.24. The van der Waals surface area contributed by atoms with Gasteiger partial charge in [0.2, 0.25) is 0 Å². The van der Waals surface area contributed by atoms with Crippen molar-refractivity contribution < 1.29 is 4.48 Å². The summed E-state index contributed by atoms with van der Waals surface area (Å²) < 4.78 is 2.41. The second kappa shape index (κ2) is 5.72. The molecule has 2 bridgehead atoms. The van der Waals surface area contributed by atoms with Crippen LogP contribution < -0.4 is 0 Å². The normalized spacial score (nSPS) is 34.3. The summed E-state index contributed by atoms with van der Waals surface area (Å²) in [6, 6.07) is 0. The molecule has 0 N–H and O–H groups in total. The van der Waals surface area contributed by atoms with Crippen LogP contribution in [0.3, 0.4) is 0 Å². The summed E-state index contributed by atoms with van der Waals surface area (Å²) >= 11 is 7.07. The van der Waals surface area contributed by atoms with Crippen LogP contribution in [0.2, 0.25) is 0 Å². The molecule has 0 atom stereocenters. The van der Waals surface area contributed by atoms with E-state index in [2.05, 4.69) is 22.1 Å². The molecule has 0 aromatic carbocycles. The first-order valence-electron chi connectivity index (χ1n) is 7.29. The van der Waals surface area contributed by atoms with E-state index in [9.17, 15) is 0 Å². The van der Waals surface area contributed by atoms with Crippen molar-refractivity contribution in [2.75, 3.05) is 65.2 Å². The zero-order valence-corrected chi connectivity index (χ0v) is 13.4. The Bertz CT molecular complexity index is 372. The summed E-state index contributed by atoms with van der Waals surface area (Å²) in [5.41, 5.74) is 1.68. The van der Waals surface area contributed by atoms with Crippen molar-refractivity contribution in [3.05, 3.63) is 11.6 Å². The van der Waals surface area contributed by atoms with Crippen LogP contribution in [0, 0.1) is 0 Å². The van der Waals surface area contributed by atoms with Gasteiger partial charge in [-0.2, -0.15) is 0 Å². The van der Waals surface area contributed by atoms with Gasteiger partial charge < -0.3 is 9.38 Å². The molecule has 0 aromatic heterocycles. The third kappa shape index (κ3) is 2.99. The molecule has 0 saturated carbocycles. The van der Waals surface area contributed by atoms with E-state index in [-0.39, 0.29) is 0 Å². The lowest BCUT2D eigenvalue weighted by atomic mass is 10.0. The van der Waals surface area contributed by atoms with E-state index in [4.69, 9.17) is 12.2 Å². The van der Waals surface area contributed by atoms with Gasteiger partial charge in [-0.1, -0.05) is 18.3 Å². The highest BCUT2D eigenvalue weighted by Gasteiger charge is 2.38. The molecule has 0 amide bonds. The Balaban J connectivity index is 1.59. The number of fused-ring (bicyclic) bond motifs is 3. The number of hydrogen-bond acceptors (Lipinski definition) is 3. The van der Waals surface area contributed by atoms with E-state index in [1.165, 1.54) is 56.7 Å². The fraction of sp³-hybridized carbons (Fsp3) is 0.786. The lowest BCUT2D eigenvalue weighted by Crippen LogP contribution is -2.67. The molecule has 3 saturated heterocycles. The molecule has 4 aliphatic rings. The fourth-order valence-electron chi connectivity index (χ4n) is 3.55. The SMILES string of the molecule is CSC(=S)N1CC=C(C[N+]23CCN(CC2)CC3)CC1. The van der Waals surface area contributed by atoms with Gasteiger partial charge >= 0.3 is 0 Å². The monoisotopic (exact) mass is 298 g/mol. The Labute approximate surface area is 126 Å². The van der Waals surface area contributed by atoms with E-state index >= 15 is 0 Å². The van der Waals surface area contributed by atoms with Crippen molar-refractivity contribution in [2.24, 2.45) is 0 Å². The Kier molecular flexibility index (Phi) is 4.17. The summed E-state index contributed by atoms with van der Waals surface area (Å²) in [6.45, 7) is 11.5. The Morgan fingerprint density at radius 2 is 1.95 bits per heavy atom. The van der Waals surface area contributed by atoms with Gasteiger partial charge in [0.1, 0.15) is 10.9 Å². The van der Waals surface area contributed by atoms with Crippen molar-refractivity contribution >= 4 is 28.3 Å². The lowest BCUT2D eigenvalue weighted by Gasteiger charge is -2.51. The smallest absolute Gasteiger partial charge is 0.136 e. The predicted octanol–water partition coefficient (Wildman–Crippen LogP) is 1.41. The molecule has 5 heteroatoms. The topological polar surface area (TPSA) is 6.48 Å². The predicted molar refractivity (Wildman–Crippen MR) is 86.6 cm³/mol. The fourth-order valence-corrected chi connectivity index (χ4v) is 4.14. The summed E-state index contributed by atoms with van der Waals surface area (Å²) in [6.07, 6.45) is 5.73. The number of hydrogen-bond donors (Lipinski definition) is 0. The second-order valence-corrected chi connectivity index (χ2v) is 7.48. The molecule has 0 unspecified atom stereocenters. The molecular weight excluding hydrogens is 274 g/mol. The molecule has 0 radical (unpaired) electrons. The quantitative estimate of drug-likeness (QED) is 0.432. The first kappa shape index (κ1) is 13.9. The van der Waals surface area contributed by atoms with Crippen LogP contribution >= 0.6 is 24.0 Å². The molecule has 4 aliphatic heterocycles. The van der Waals surface area contributed by atoms with Gasteiger partial charge in [-0.25, -0.2) is 0 Å². The first-order valence-corrected chi connectivity index (χ1v) is 8.92. The van der Waals surface area contributed by atoms with E-state index in [1.54, 1.807) is 17.3 Å².